The molecular formula is C19H22N2O4S. The fraction of sp³-hybridized carbons (Fsp3) is 0.316. The molecule has 138 valence electrons. The molecule has 0 aliphatic carbocycles. The average Bonchev–Trinajstić information content (AvgIpc) is 2.69. The summed E-state index contributed by atoms with van der Waals surface area (Å²) in [7, 11) is -1.88. The Kier molecular flexibility index (Phi) is 5.70. The van der Waals surface area contributed by atoms with E-state index in [1.54, 1.807) is 61.7 Å². The zero-order valence-corrected chi connectivity index (χ0v) is 15.5. The third kappa shape index (κ3) is 4.12. The molecule has 0 atom stereocenters. The van der Waals surface area contributed by atoms with Crippen LogP contribution >= 0.6 is 0 Å². The summed E-state index contributed by atoms with van der Waals surface area (Å²) in [5, 5.41) is 0. The first-order valence-electron chi connectivity index (χ1n) is 8.45. The highest BCUT2D eigenvalue weighted by molar-refractivity contribution is 7.89. The van der Waals surface area contributed by atoms with Crippen molar-refractivity contribution in [3.05, 3.63) is 60.2 Å². The number of piperazine rings is 1. The van der Waals surface area contributed by atoms with E-state index in [0.29, 0.717) is 42.4 Å². The summed E-state index contributed by atoms with van der Waals surface area (Å²) in [6, 6.07) is 15.5. The molecule has 26 heavy (non-hydrogen) atoms. The van der Waals surface area contributed by atoms with Crippen molar-refractivity contribution in [1.29, 1.82) is 0 Å². The lowest BCUT2D eigenvalue weighted by Gasteiger charge is -2.33. The van der Waals surface area contributed by atoms with E-state index >= 15 is 0 Å². The topological polar surface area (TPSA) is 66.9 Å². The molecular weight excluding hydrogens is 352 g/mol. The van der Waals surface area contributed by atoms with Gasteiger partial charge in [0.1, 0.15) is 5.75 Å². The lowest BCUT2D eigenvalue weighted by Crippen LogP contribution is -2.49. The number of Topliss-reactive ketones (excluding diaryl/α,β-unsaturated/α-hetero) is 1. The molecule has 7 heteroatoms. The molecule has 1 aliphatic heterocycles. The Labute approximate surface area is 154 Å². The number of hydrogen-bond donors (Lipinski definition) is 0. The van der Waals surface area contributed by atoms with Gasteiger partial charge in [-0.1, -0.05) is 18.2 Å². The summed E-state index contributed by atoms with van der Waals surface area (Å²) in [5.74, 6) is 0.730. The Morgan fingerprint density at radius 1 is 0.962 bits per heavy atom. The molecule has 2 aromatic carbocycles. The summed E-state index contributed by atoms with van der Waals surface area (Å²) >= 11 is 0. The van der Waals surface area contributed by atoms with Gasteiger partial charge in [-0.3, -0.25) is 9.69 Å². The van der Waals surface area contributed by atoms with Gasteiger partial charge >= 0.3 is 0 Å². The van der Waals surface area contributed by atoms with Crippen LogP contribution in [0.2, 0.25) is 0 Å². The molecule has 6 nitrogen and oxygen atoms in total. The van der Waals surface area contributed by atoms with E-state index in [0.717, 1.165) is 0 Å². The standard InChI is InChI=1S/C19H22N2O4S/c1-25-17-9-7-16(8-10-17)19(22)15-20-11-13-21(14-12-20)26(23,24)18-5-3-2-4-6-18/h2-10H,11-15H2,1H3. The van der Waals surface area contributed by atoms with E-state index in [1.807, 2.05) is 4.90 Å². The van der Waals surface area contributed by atoms with Crippen LogP contribution in [-0.2, 0) is 10.0 Å². The van der Waals surface area contributed by atoms with E-state index in [2.05, 4.69) is 0 Å². The molecule has 0 saturated carbocycles. The molecule has 1 heterocycles. The lowest BCUT2D eigenvalue weighted by molar-refractivity contribution is 0.0901. The van der Waals surface area contributed by atoms with Crippen molar-refractivity contribution >= 4 is 15.8 Å². The first kappa shape index (κ1) is 18.6. The molecule has 1 fully saturated rings. The molecule has 1 saturated heterocycles. The van der Waals surface area contributed by atoms with E-state index < -0.39 is 10.0 Å². The number of sulfonamides is 1. The Morgan fingerprint density at radius 3 is 2.15 bits per heavy atom. The molecule has 0 radical (unpaired) electrons. The molecule has 0 aromatic heterocycles. The van der Waals surface area contributed by atoms with Crippen LogP contribution in [-0.4, -0.2) is 63.2 Å². The van der Waals surface area contributed by atoms with Gasteiger partial charge in [-0.2, -0.15) is 4.31 Å². The summed E-state index contributed by atoms with van der Waals surface area (Å²) in [5.41, 5.74) is 0.630. The van der Waals surface area contributed by atoms with Crippen molar-refractivity contribution in [3.63, 3.8) is 0 Å². The van der Waals surface area contributed by atoms with Gasteiger partial charge in [-0.05, 0) is 36.4 Å². The van der Waals surface area contributed by atoms with Crippen molar-refractivity contribution in [2.24, 2.45) is 0 Å². The minimum atomic E-state index is -3.47. The third-order valence-corrected chi connectivity index (χ3v) is 6.40. The Balaban J connectivity index is 1.57. The Hall–Kier alpha value is -2.22. The van der Waals surface area contributed by atoms with E-state index in [1.165, 1.54) is 4.31 Å². The average molecular weight is 374 g/mol. The minimum absolute atomic E-state index is 0.0204. The number of carbonyl (C=O) groups is 1. The SMILES string of the molecule is COc1ccc(C(=O)CN2CCN(S(=O)(=O)c3ccccc3)CC2)cc1. The number of ketones is 1. The van der Waals surface area contributed by atoms with Crippen molar-refractivity contribution in [2.75, 3.05) is 39.8 Å². The number of methoxy groups -OCH3 is 1. The van der Waals surface area contributed by atoms with Gasteiger partial charge in [0.15, 0.2) is 5.78 Å². The molecule has 1 aliphatic rings. The summed E-state index contributed by atoms with van der Waals surface area (Å²) in [6.07, 6.45) is 0. The number of rotatable bonds is 6. The summed E-state index contributed by atoms with van der Waals surface area (Å²) in [4.78, 5) is 14.7. The summed E-state index contributed by atoms with van der Waals surface area (Å²) in [6.45, 7) is 2.12. The van der Waals surface area contributed by atoms with Gasteiger partial charge in [-0.25, -0.2) is 8.42 Å². The van der Waals surface area contributed by atoms with Crippen LogP contribution in [0.1, 0.15) is 10.4 Å². The number of carbonyl (C=O) groups excluding carboxylic acids is 1. The van der Waals surface area contributed by atoms with Crippen LogP contribution in [0.5, 0.6) is 5.75 Å². The molecule has 0 N–H and O–H groups in total. The number of ether oxygens (including phenoxy) is 1. The van der Waals surface area contributed by atoms with Gasteiger partial charge in [0, 0.05) is 31.7 Å². The van der Waals surface area contributed by atoms with E-state index in [9.17, 15) is 13.2 Å². The maximum Gasteiger partial charge on any atom is 0.243 e. The highest BCUT2D eigenvalue weighted by Crippen LogP contribution is 2.18. The maximum absolute atomic E-state index is 12.6. The Morgan fingerprint density at radius 2 is 1.58 bits per heavy atom. The lowest BCUT2D eigenvalue weighted by atomic mass is 10.1. The van der Waals surface area contributed by atoms with Crippen LogP contribution in [0.4, 0.5) is 0 Å². The van der Waals surface area contributed by atoms with Crippen molar-refractivity contribution in [2.45, 2.75) is 4.90 Å². The van der Waals surface area contributed by atoms with Gasteiger partial charge in [0.2, 0.25) is 10.0 Å². The number of nitrogens with zero attached hydrogens (tertiary/aromatic N) is 2. The monoisotopic (exact) mass is 374 g/mol. The quantitative estimate of drug-likeness (QED) is 0.723. The maximum atomic E-state index is 12.6. The van der Waals surface area contributed by atoms with Crippen molar-refractivity contribution < 1.29 is 17.9 Å². The predicted molar refractivity (Wildman–Crippen MR) is 99.0 cm³/mol. The highest BCUT2D eigenvalue weighted by atomic mass is 32.2. The van der Waals surface area contributed by atoms with Gasteiger partial charge in [-0.15, -0.1) is 0 Å². The smallest absolute Gasteiger partial charge is 0.243 e. The largest absolute Gasteiger partial charge is 0.497 e. The molecule has 0 bridgehead atoms. The van der Waals surface area contributed by atoms with Crippen LogP contribution in [0.3, 0.4) is 0 Å². The molecule has 0 amide bonds. The third-order valence-electron chi connectivity index (χ3n) is 4.49. The fourth-order valence-electron chi connectivity index (χ4n) is 2.94. The van der Waals surface area contributed by atoms with Gasteiger partial charge in [0.25, 0.3) is 0 Å². The summed E-state index contributed by atoms with van der Waals surface area (Å²) < 4.78 is 31.8. The second-order valence-electron chi connectivity index (χ2n) is 6.14. The fourth-order valence-corrected chi connectivity index (χ4v) is 4.38. The van der Waals surface area contributed by atoms with Gasteiger partial charge < -0.3 is 4.74 Å². The first-order valence-corrected chi connectivity index (χ1v) is 9.89. The second-order valence-corrected chi connectivity index (χ2v) is 8.08. The number of benzene rings is 2. The highest BCUT2D eigenvalue weighted by Gasteiger charge is 2.28. The molecule has 2 aromatic rings. The zero-order valence-electron chi connectivity index (χ0n) is 14.7. The van der Waals surface area contributed by atoms with Crippen LogP contribution in [0, 0.1) is 0 Å². The normalized spacial score (nSPS) is 16.3. The molecule has 3 rings (SSSR count). The predicted octanol–water partition coefficient (Wildman–Crippen LogP) is 1.88. The Bertz CT molecular complexity index is 843. The minimum Gasteiger partial charge on any atom is -0.497 e. The van der Waals surface area contributed by atoms with Gasteiger partial charge in [0.05, 0.1) is 18.6 Å². The molecule has 0 spiro atoms. The van der Waals surface area contributed by atoms with Crippen LogP contribution in [0.15, 0.2) is 59.5 Å². The van der Waals surface area contributed by atoms with Crippen LogP contribution in [0.25, 0.3) is 0 Å². The van der Waals surface area contributed by atoms with E-state index in [4.69, 9.17) is 4.74 Å². The van der Waals surface area contributed by atoms with Crippen molar-refractivity contribution in [3.8, 4) is 5.75 Å². The van der Waals surface area contributed by atoms with Crippen molar-refractivity contribution in [1.82, 2.24) is 9.21 Å². The second kappa shape index (κ2) is 7.99. The zero-order chi connectivity index (χ0) is 18.6. The first-order chi connectivity index (χ1) is 12.5. The number of hydrogen-bond acceptors (Lipinski definition) is 5. The van der Waals surface area contributed by atoms with E-state index in [-0.39, 0.29) is 12.3 Å². The molecule has 0 unspecified atom stereocenters. The van der Waals surface area contributed by atoms with Crippen LogP contribution < -0.4 is 4.74 Å².